The average Bonchev–Trinajstić information content (AvgIpc) is 0.814. The van der Waals surface area contributed by atoms with Crippen molar-refractivity contribution in [1.29, 1.82) is 0 Å². The van der Waals surface area contributed by atoms with Crippen LogP contribution >= 0.6 is 0 Å². The Balaban J connectivity index is 0.000000159. The summed E-state index contributed by atoms with van der Waals surface area (Å²) < 4.78 is 0. The lowest BCUT2D eigenvalue weighted by Gasteiger charge is -2.11. The van der Waals surface area contributed by atoms with E-state index in [1.54, 1.807) is 0 Å². The molecule has 17 rings (SSSR count). The van der Waals surface area contributed by atoms with E-state index in [-0.39, 0.29) is 0 Å². The Labute approximate surface area is 593 Å². The second kappa shape index (κ2) is 29.5. The third-order valence-corrected chi connectivity index (χ3v) is 17.9. The molecule has 0 N–H and O–H groups in total. The van der Waals surface area contributed by atoms with Crippen LogP contribution in [0.1, 0.15) is 0 Å². The van der Waals surface area contributed by atoms with Crippen molar-refractivity contribution >= 4 is 0 Å². The number of hydrogen-bond donors (Lipinski definition) is 0. The van der Waals surface area contributed by atoms with Gasteiger partial charge in [0.25, 0.3) is 0 Å². The van der Waals surface area contributed by atoms with Gasteiger partial charge in [-0.3, -0.25) is 0 Å². The molecule has 0 aliphatic rings. The van der Waals surface area contributed by atoms with E-state index in [1.807, 2.05) is 158 Å². The van der Waals surface area contributed by atoms with E-state index < -0.39 is 0 Å². The Morgan fingerprint density at radius 2 is 0.245 bits per heavy atom. The maximum atomic E-state index is 5.03. The molecule has 4 aromatic heterocycles. The molecule has 8 heteroatoms. The van der Waals surface area contributed by atoms with Crippen LogP contribution in [0.25, 0.3) is 169 Å². The normalized spacial score (nSPS) is 10.9. The van der Waals surface area contributed by atoms with Gasteiger partial charge < -0.3 is 0 Å². The summed E-state index contributed by atoms with van der Waals surface area (Å²) in [6.07, 6.45) is 0. The zero-order valence-corrected chi connectivity index (χ0v) is 55.5. The van der Waals surface area contributed by atoms with Crippen LogP contribution in [0, 0.1) is 0 Å². The van der Waals surface area contributed by atoms with Crippen molar-refractivity contribution in [3.8, 4) is 169 Å². The Morgan fingerprint density at radius 3 is 0.461 bits per heavy atom. The molecule has 0 amide bonds. The summed E-state index contributed by atoms with van der Waals surface area (Å²) in [4.78, 5) is 39.8. The SMILES string of the molecule is c1ccc(-c2cc(-c3ccc(-c4cccc(-c5cc(-c6ccccc6)nc(-c6ccccc6)n5)c4)cc3)nc(-c3ccccc3)n2)cc1.c1ccc(-c2cc(-c3ccc(-c4cccc(-c5ccc(-c6cc(-c7ccccc7)nc(-c7ccccc7)n6)cc5)c4)cc3)nc(-c3ccccc3)n2)cc1. The van der Waals surface area contributed by atoms with Crippen LogP contribution in [-0.4, -0.2) is 39.9 Å². The summed E-state index contributed by atoms with van der Waals surface area (Å²) >= 11 is 0. The molecule has 0 fully saturated rings. The first-order valence-corrected chi connectivity index (χ1v) is 34.0. The van der Waals surface area contributed by atoms with Crippen molar-refractivity contribution in [3.05, 3.63) is 388 Å². The van der Waals surface area contributed by atoms with Gasteiger partial charge in [-0.15, -0.1) is 0 Å². The van der Waals surface area contributed by atoms with Gasteiger partial charge in [0, 0.05) is 66.8 Å². The maximum absolute atomic E-state index is 5.03. The molecule has 0 saturated heterocycles. The monoisotopic (exact) mass is 1300 g/mol. The molecular weight excluding hydrogens is 1240 g/mol. The predicted octanol–water partition coefficient (Wildman–Crippen LogP) is 23.5. The second-order valence-electron chi connectivity index (χ2n) is 24.7. The minimum Gasteiger partial charge on any atom is -0.228 e. The number of benzene rings is 13. The molecule has 0 atom stereocenters. The van der Waals surface area contributed by atoms with Gasteiger partial charge in [-0.05, 0) is 69.8 Å². The van der Waals surface area contributed by atoms with Gasteiger partial charge >= 0.3 is 0 Å². The molecule has 0 bridgehead atoms. The first-order valence-electron chi connectivity index (χ1n) is 34.0. The maximum Gasteiger partial charge on any atom is 0.160 e. The Bertz CT molecular complexity index is 5260. The Kier molecular flexibility index (Phi) is 18.2. The van der Waals surface area contributed by atoms with Gasteiger partial charge in [0.15, 0.2) is 23.3 Å². The topological polar surface area (TPSA) is 103 Å². The van der Waals surface area contributed by atoms with E-state index >= 15 is 0 Å². The molecule has 480 valence electrons. The Hall–Kier alpha value is -13.8. The van der Waals surface area contributed by atoms with E-state index in [2.05, 4.69) is 231 Å². The van der Waals surface area contributed by atoms with Crippen LogP contribution < -0.4 is 0 Å². The molecule has 0 aliphatic carbocycles. The summed E-state index contributed by atoms with van der Waals surface area (Å²) in [5.74, 6) is 2.83. The van der Waals surface area contributed by atoms with Gasteiger partial charge in [-0.25, -0.2) is 39.9 Å². The quantitative estimate of drug-likeness (QED) is 0.1000. The van der Waals surface area contributed by atoms with Crippen molar-refractivity contribution in [3.63, 3.8) is 0 Å². The van der Waals surface area contributed by atoms with Crippen LogP contribution in [0.4, 0.5) is 0 Å². The van der Waals surface area contributed by atoms with Crippen molar-refractivity contribution in [2.45, 2.75) is 0 Å². The summed E-state index contributed by atoms with van der Waals surface area (Å²) in [6.45, 7) is 0. The molecule has 4 heterocycles. The molecular formula is C94H64N8. The van der Waals surface area contributed by atoms with Gasteiger partial charge in [-0.1, -0.05) is 352 Å². The molecule has 8 nitrogen and oxygen atoms in total. The van der Waals surface area contributed by atoms with Crippen molar-refractivity contribution in [2.24, 2.45) is 0 Å². The number of aromatic nitrogens is 8. The molecule has 0 spiro atoms. The molecule has 0 aliphatic heterocycles. The minimum atomic E-state index is 0.705. The fraction of sp³-hybridized carbons (Fsp3) is 0. The highest BCUT2D eigenvalue weighted by Crippen LogP contribution is 2.37. The average molecular weight is 1310 g/mol. The zero-order chi connectivity index (χ0) is 68.2. The van der Waals surface area contributed by atoms with Crippen molar-refractivity contribution < 1.29 is 0 Å². The lowest BCUT2D eigenvalue weighted by atomic mass is 9.97. The van der Waals surface area contributed by atoms with Gasteiger partial charge in [0.1, 0.15) is 0 Å². The summed E-state index contributed by atoms with van der Waals surface area (Å²) in [6, 6.07) is 133. The van der Waals surface area contributed by atoms with Crippen LogP contribution in [0.2, 0.25) is 0 Å². The zero-order valence-electron chi connectivity index (χ0n) is 55.5. The van der Waals surface area contributed by atoms with E-state index in [1.165, 1.54) is 0 Å². The van der Waals surface area contributed by atoms with Crippen molar-refractivity contribution in [1.82, 2.24) is 39.9 Å². The number of nitrogens with zero attached hydrogens (tertiary/aromatic N) is 8. The van der Waals surface area contributed by atoms with E-state index in [0.717, 1.165) is 146 Å². The first-order chi connectivity index (χ1) is 50.5. The molecule has 0 saturated carbocycles. The molecule has 102 heavy (non-hydrogen) atoms. The van der Waals surface area contributed by atoms with Gasteiger partial charge in [0.2, 0.25) is 0 Å². The highest BCUT2D eigenvalue weighted by atomic mass is 14.9. The Morgan fingerprint density at radius 1 is 0.0980 bits per heavy atom. The van der Waals surface area contributed by atoms with Crippen LogP contribution in [-0.2, 0) is 0 Å². The van der Waals surface area contributed by atoms with Crippen LogP contribution in [0.3, 0.4) is 0 Å². The second-order valence-corrected chi connectivity index (χ2v) is 24.7. The highest BCUT2D eigenvalue weighted by Gasteiger charge is 2.17. The number of hydrogen-bond acceptors (Lipinski definition) is 8. The minimum absolute atomic E-state index is 0.705. The lowest BCUT2D eigenvalue weighted by Crippen LogP contribution is -1.96. The number of rotatable bonds is 15. The third-order valence-electron chi connectivity index (χ3n) is 17.9. The lowest BCUT2D eigenvalue weighted by molar-refractivity contribution is 1.18. The van der Waals surface area contributed by atoms with E-state index in [9.17, 15) is 0 Å². The predicted molar refractivity (Wildman–Crippen MR) is 417 cm³/mol. The van der Waals surface area contributed by atoms with Gasteiger partial charge in [0.05, 0.1) is 45.6 Å². The first kappa shape index (κ1) is 63.0. The molecule has 17 aromatic rings. The molecule has 0 radical (unpaired) electrons. The largest absolute Gasteiger partial charge is 0.228 e. The standard InChI is InChI=1S/C50H34N4.C44H30N4/c1-5-14-37(15-6-1)45-33-47(53-49(51-45)41-18-9-3-10-19-41)39-28-24-35(25-29-39)43-22-13-23-44(32-43)36-26-30-40(31-27-36)48-34-46(38-16-7-2-8-17-38)52-50(54-48)42-20-11-4-12-21-42;1-5-14-32(15-6-1)39-29-41(47-43(45-39)35-18-9-3-10-19-35)34-26-24-31(25-27-34)37-22-13-23-38(28-37)42-30-40(33-16-7-2-8-17-33)46-44(48-42)36-20-11-4-12-21-36/h1-34H;1-30H. The van der Waals surface area contributed by atoms with Crippen LogP contribution in [0.15, 0.2) is 388 Å². The van der Waals surface area contributed by atoms with E-state index in [0.29, 0.717) is 23.3 Å². The molecule has 0 unspecified atom stereocenters. The fourth-order valence-corrected chi connectivity index (χ4v) is 12.5. The highest BCUT2D eigenvalue weighted by molar-refractivity contribution is 5.82. The smallest absolute Gasteiger partial charge is 0.160 e. The third kappa shape index (κ3) is 14.4. The van der Waals surface area contributed by atoms with Gasteiger partial charge in [-0.2, -0.15) is 0 Å². The molecule has 13 aromatic carbocycles. The summed E-state index contributed by atoms with van der Waals surface area (Å²) in [5.41, 5.74) is 26.2. The fourth-order valence-electron chi connectivity index (χ4n) is 12.5. The summed E-state index contributed by atoms with van der Waals surface area (Å²) in [5, 5.41) is 0. The van der Waals surface area contributed by atoms with Crippen molar-refractivity contribution in [2.75, 3.05) is 0 Å². The summed E-state index contributed by atoms with van der Waals surface area (Å²) in [7, 11) is 0. The van der Waals surface area contributed by atoms with Crippen LogP contribution in [0.5, 0.6) is 0 Å². The van der Waals surface area contributed by atoms with E-state index in [4.69, 9.17) is 39.9 Å².